The Kier molecular flexibility index (Phi) is 6.39. The van der Waals surface area contributed by atoms with Crippen LogP contribution in [0, 0.1) is 5.92 Å². The van der Waals surface area contributed by atoms with Crippen molar-refractivity contribution < 1.29 is 9.47 Å². The van der Waals surface area contributed by atoms with Crippen molar-refractivity contribution in [3.8, 4) is 5.75 Å². The van der Waals surface area contributed by atoms with Crippen molar-refractivity contribution in [1.29, 1.82) is 0 Å². The molecule has 0 bridgehead atoms. The molecule has 5 heteroatoms. The topological polar surface area (TPSA) is 44.5 Å². The molecule has 0 aliphatic heterocycles. The molecule has 0 saturated carbocycles. The van der Waals surface area contributed by atoms with Gasteiger partial charge in [0, 0.05) is 12.2 Å². The summed E-state index contributed by atoms with van der Waals surface area (Å²) in [6.45, 7) is 5.96. The summed E-state index contributed by atoms with van der Waals surface area (Å²) in [6.07, 6.45) is 0. The molecule has 18 heavy (non-hydrogen) atoms. The van der Waals surface area contributed by atoms with Crippen molar-refractivity contribution in [3.05, 3.63) is 28.8 Å². The molecule has 3 nitrogen and oxygen atoms in total. The van der Waals surface area contributed by atoms with E-state index in [0.717, 1.165) is 12.2 Å². The van der Waals surface area contributed by atoms with Crippen molar-refractivity contribution >= 4 is 28.8 Å². The number of hydrogen-bond donors (Lipinski definition) is 1. The number of nitrogens with two attached hydrogens (primary N) is 1. The lowest BCUT2D eigenvalue weighted by Gasteiger charge is -2.10. The maximum atomic E-state index is 6.06. The van der Waals surface area contributed by atoms with Crippen LogP contribution in [0.15, 0.2) is 18.2 Å². The number of thiocarbonyl (C=S) groups is 1. The Bertz CT molecular complexity index is 410. The second-order valence-corrected chi connectivity index (χ2v) is 5.17. The normalized spacial score (nSPS) is 10.7. The summed E-state index contributed by atoms with van der Waals surface area (Å²) in [5, 5.41) is 0.504. The van der Waals surface area contributed by atoms with Crippen LogP contribution in [-0.4, -0.2) is 24.8 Å². The zero-order valence-electron chi connectivity index (χ0n) is 10.6. The highest BCUT2D eigenvalue weighted by Crippen LogP contribution is 2.25. The fourth-order valence-electron chi connectivity index (χ4n) is 1.30. The molecular weight excluding hydrogens is 270 g/mol. The summed E-state index contributed by atoms with van der Waals surface area (Å²) >= 11 is 10.9. The zero-order chi connectivity index (χ0) is 13.5. The molecule has 0 fully saturated rings. The molecule has 0 atom stereocenters. The Morgan fingerprint density at radius 2 is 2.11 bits per heavy atom. The van der Waals surface area contributed by atoms with Gasteiger partial charge in [-0.2, -0.15) is 0 Å². The fraction of sp³-hybridized carbons (Fsp3) is 0.462. The number of rotatable bonds is 7. The Morgan fingerprint density at radius 1 is 1.39 bits per heavy atom. The third-order valence-corrected chi connectivity index (χ3v) is 2.68. The minimum absolute atomic E-state index is 0.323. The summed E-state index contributed by atoms with van der Waals surface area (Å²) in [7, 11) is 0. The first-order valence-electron chi connectivity index (χ1n) is 5.80. The first kappa shape index (κ1) is 15.2. The van der Waals surface area contributed by atoms with Crippen LogP contribution >= 0.6 is 23.8 Å². The van der Waals surface area contributed by atoms with Crippen LogP contribution in [0.2, 0.25) is 5.02 Å². The van der Waals surface area contributed by atoms with E-state index < -0.39 is 0 Å². The first-order valence-corrected chi connectivity index (χ1v) is 6.59. The highest BCUT2D eigenvalue weighted by molar-refractivity contribution is 7.80. The predicted octanol–water partition coefficient (Wildman–Crippen LogP) is 3.03. The molecule has 0 aromatic heterocycles. The van der Waals surface area contributed by atoms with Crippen LogP contribution in [0.5, 0.6) is 5.75 Å². The number of benzene rings is 1. The average molecular weight is 288 g/mol. The maximum Gasteiger partial charge on any atom is 0.138 e. The standard InChI is InChI=1S/C13H18ClNO2S/c1-9(2)8-16-5-6-17-12-4-3-10(13(15)18)7-11(12)14/h3-4,7,9H,5-6,8H2,1-2H3,(H2,15,18). The molecular formula is C13H18ClNO2S. The van der Waals surface area contributed by atoms with E-state index in [-0.39, 0.29) is 0 Å². The number of ether oxygens (including phenoxy) is 2. The van der Waals surface area contributed by atoms with Gasteiger partial charge in [-0.05, 0) is 24.1 Å². The molecule has 2 N–H and O–H groups in total. The lowest BCUT2D eigenvalue weighted by Crippen LogP contribution is -2.11. The third-order valence-electron chi connectivity index (χ3n) is 2.15. The second-order valence-electron chi connectivity index (χ2n) is 4.33. The quantitative estimate of drug-likeness (QED) is 0.618. The van der Waals surface area contributed by atoms with E-state index in [2.05, 4.69) is 13.8 Å². The lowest BCUT2D eigenvalue weighted by molar-refractivity contribution is 0.0819. The number of hydrogen-bond acceptors (Lipinski definition) is 3. The Balaban J connectivity index is 2.41. The van der Waals surface area contributed by atoms with Crippen molar-refractivity contribution in [3.63, 3.8) is 0 Å². The van der Waals surface area contributed by atoms with E-state index in [1.54, 1.807) is 18.2 Å². The summed E-state index contributed by atoms with van der Waals surface area (Å²) < 4.78 is 10.9. The predicted molar refractivity (Wildman–Crippen MR) is 78.5 cm³/mol. The van der Waals surface area contributed by atoms with E-state index >= 15 is 0 Å². The maximum absolute atomic E-state index is 6.06. The van der Waals surface area contributed by atoms with Crippen molar-refractivity contribution in [2.75, 3.05) is 19.8 Å². The highest BCUT2D eigenvalue weighted by atomic mass is 35.5. The third kappa shape index (κ3) is 5.21. The minimum atomic E-state index is 0.323. The van der Waals surface area contributed by atoms with Gasteiger partial charge >= 0.3 is 0 Å². The molecule has 0 aliphatic rings. The molecule has 0 heterocycles. The zero-order valence-corrected chi connectivity index (χ0v) is 12.2. The SMILES string of the molecule is CC(C)COCCOc1ccc(C(N)=S)cc1Cl. The van der Waals surface area contributed by atoms with Crippen LogP contribution in [0.4, 0.5) is 0 Å². The fourth-order valence-corrected chi connectivity index (χ4v) is 1.66. The summed E-state index contributed by atoms with van der Waals surface area (Å²) in [5.41, 5.74) is 6.25. The van der Waals surface area contributed by atoms with Crippen LogP contribution in [0.25, 0.3) is 0 Å². The largest absolute Gasteiger partial charge is 0.490 e. The van der Waals surface area contributed by atoms with Gasteiger partial charge in [0.2, 0.25) is 0 Å². The van der Waals surface area contributed by atoms with Crippen LogP contribution in [0.1, 0.15) is 19.4 Å². The second kappa shape index (κ2) is 7.56. The van der Waals surface area contributed by atoms with Gasteiger partial charge in [0.1, 0.15) is 17.3 Å². The van der Waals surface area contributed by atoms with Gasteiger partial charge in [0.25, 0.3) is 0 Å². The first-order chi connectivity index (χ1) is 8.50. The molecule has 1 rings (SSSR count). The molecule has 100 valence electrons. The van der Waals surface area contributed by atoms with E-state index in [1.807, 2.05) is 0 Å². The van der Waals surface area contributed by atoms with Gasteiger partial charge in [0.15, 0.2) is 0 Å². The number of halogens is 1. The van der Waals surface area contributed by atoms with Gasteiger partial charge < -0.3 is 15.2 Å². The van der Waals surface area contributed by atoms with Crippen molar-refractivity contribution in [2.45, 2.75) is 13.8 Å². The molecule has 0 amide bonds. The monoisotopic (exact) mass is 287 g/mol. The van der Waals surface area contributed by atoms with Gasteiger partial charge in [-0.3, -0.25) is 0 Å². The smallest absolute Gasteiger partial charge is 0.138 e. The summed E-state index contributed by atoms with van der Waals surface area (Å²) in [6, 6.07) is 5.26. The minimum Gasteiger partial charge on any atom is -0.490 e. The van der Waals surface area contributed by atoms with Crippen LogP contribution in [-0.2, 0) is 4.74 Å². The lowest BCUT2D eigenvalue weighted by atomic mass is 10.2. The Labute approximate surface area is 118 Å². The average Bonchev–Trinajstić information content (AvgIpc) is 2.29. The van der Waals surface area contributed by atoms with Gasteiger partial charge in [-0.25, -0.2) is 0 Å². The Hall–Kier alpha value is -0.840. The van der Waals surface area contributed by atoms with E-state index in [4.69, 9.17) is 39.0 Å². The molecule has 0 radical (unpaired) electrons. The molecule has 1 aromatic carbocycles. The molecule has 0 saturated heterocycles. The van der Waals surface area contributed by atoms with E-state index in [0.29, 0.717) is 34.9 Å². The molecule has 0 unspecified atom stereocenters. The van der Waals surface area contributed by atoms with Crippen LogP contribution < -0.4 is 10.5 Å². The van der Waals surface area contributed by atoms with Gasteiger partial charge in [0.05, 0.1) is 11.6 Å². The van der Waals surface area contributed by atoms with E-state index in [1.165, 1.54) is 0 Å². The molecule has 0 aliphatic carbocycles. The van der Waals surface area contributed by atoms with Crippen LogP contribution in [0.3, 0.4) is 0 Å². The molecule has 1 aromatic rings. The van der Waals surface area contributed by atoms with Gasteiger partial charge in [-0.1, -0.05) is 37.7 Å². The van der Waals surface area contributed by atoms with Crippen molar-refractivity contribution in [2.24, 2.45) is 11.7 Å². The summed E-state index contributed by atoms with van der Waals surface area (Å²) in [4.78, 5) is 0.323. The highest BCUT2D eigenvalue weighted by Gasteiger charge is 2.04. The van der Waals surface area contributed by atoms with Crippen molar-refractivity contribution in [1.82, 2.24) is 0 Å². The Morgan fingerprint density at radius 3 is 2.67 bits per heavy atom. The molecule has 0 spiro atoms. The summed E-state index contributed by atoms with van der Waals surface area (Å²) in [5.74, 6) is 1.14. The van der Waals surface area contributed by atoms with E-state index in [9.17, 15) is 0 Å². The van der Waals surface area contributed by atoms with Gasteiger partial charge in [-0.15, -0.1) is 0 Å².